The highest BCUT2D eigenvalue weighted by Crippen LogP contribution is 2.62. The fourth-order valence-electron chi connectivity index (χ4n) is 7.31. The smallest absolute Gasteiger partial charge is 0.193 e. The number of hydrogen-bond donors (Lipinski definition) is 3. The van der Waals surface area contributed by atoms with Crippen LogP contribution in [-0.4, -0.2) is 58.2 Å². The van der Waals surface area contributed by atoms with Gasteiger partial charge in [0.15, 0.2) is 12.1 Å². The Morgan fingerprint density at radius 1 is 1.09 bits per heavy atom. The Labute approximate surface area is 200 Å². The number of methoxy groups -OCH3 is 1. The lowest BCUT2D eigenvalue weighted by molar-refractivity contribution is -0.173. The maximum Gasteiger partial charge on any atom is 0.193 e. The number of Topliss-reactive ketones (excluding diaryl/α,β-unsaturated/α-hetero) is 1. The summed E-state index contributed by atoms with van der Waals surface area (Å²) in [7, 11) is 1.61. The van der Waals surface area contributed by atoms with Gasteiger partial charge in [-0.3, -0.25) is 4.79 Å². The Hall–Kier alpha value is -1.77. The molecule has 1 saturated heterocycles. The molecule has 9 atom stereocenters. The van der Waals surface area contributed by atoms with E-state index < -0.39 is 58.8 Å². The highest BCUT2D eigenvalue weighted by Gasteiger charge is 2.70. The first-order valence-corrected chi connectivity index (χ1v) is 12.2. The zero-order chi connectivity index (χ0) is 24.6. The van der Waals surface area contributed by atoms with E-state index in [1.54, 1.807) is 7.11 Å². The predicted molar refractivity (Wildman–Crippen MR) is 124 cm³/mol. The summed E-state index contributed by atoms with van der Waals surface area (Å²) in [5.41, 5.74) is -2.06. The van der Waals surface area contributed by atoms with Crippen molar-refractivity contribution in [3.8, 4) is 5.75 Å². The fourth-order valence-corrected chi connectivity index (χ4v) is 7.31. The van der Waals surface area contributed by atoms with Gasteiger partial charge in [0.2, 0.25) is 0 Å². The van der Waals surface area contributed by atoms with Gasteiger partial charge in [-0.25, -0.2) is 0 Å². The van der Waals surface area contributed by atoms with E-state index in [9.17, 15) is 20.1 Å². The first kappa shape index (κ1) is 23.9. The molecular weight excluding hydrogens is 436 g/mol. The molecule has 1 heterocycles. The molecule has 3 saturated carbocycles. The zero-order valence-electron chi connectivity index (χ0n) is 20.4. The molecule has 3 N–H and O–H groups in total. The lowest BCUT2D eigenvalue weighted by atomic mass is 9.57. The van der Waals surface area contributed by atoms with E-state index in [1.807, 2.05) is 45.0 Å². The average molecular weight is 473 g/mol. The first-order chi connectivity index (χ1) is 16.0. The van der Waals surface area contributed by atoms with Crippen molar-refractivity contribution in [3.05, 3.63) is 42.0 Å². The standard InChI is InChI=1S/C27H36O7/c1-14-6-11-18(28)26(4)19(14)20(29)22(30)27(31)13-12-17(25(27,2)3)21-23(26)34-24(33-21)15-7-9-16(32-5)10-8-15/h7-10,17-21,23-24,28-29,31H,1,6,11-13H2,2-5H3/t17-,18+,19+,20+,21-,23+,24-,26-,27-/m1/s1. The third-order valence-electron chi connectivity index (χ3n) is 9.62. The van der Waals surface area contributed by atoms with Crippen LogP contribution in [0.3, 0.4) is 0 Å². The lowest BCUT2D eigenvalue weighted by Crippen LogP contribution is -2.60. The van der Waals surface area contributed by atoms with Crippen LogP contribution in [0.25, 0.3) is 0 Å². The molecule has 7 nitrogen and oxygen atoms in total. The van der Waals surface area contributed by atoms with Crippen LogP contribution >= 0.6 is 0 Å². The minimum absolute atomic E-state index is 0.208. The van der Waals surface area contributed by atoms with E-state index in [2.05, 4.69) is 6.58 Å². The number of carbonyl (C=O) groups is 1. The van der Waals surface area contributed by atoms with E-state index in [-0.39, 0.29) is 12.3 Å². The van der Waals surface area contributed by atoms with Crippen molar-refractivity contribution in [2.75, 3.05) is 7.11 Å². The highest BCUT2D eigenvalue weighted by molar-refractivity contribution is 5.93. The molecule has 0 aromatic heterocycles. The van der Waals surface area contributed by atoms with Gasteiger partial charge in [0.25, 0.3) is 0 Å². The van der Waals surface area contributed by atoms with Crippen molar-refractivity contribution in [2.24, 2.45) is 22.7 Å². The minimum Gasteiger partial charge on any atom is -0.497 e. The Morgan fingerprint density at radius 2 is 1.76 bits per heavy atom. The molecule has 186 valence electrons. The van der Waals surface area contributed by atoms with Crippen LogP contribution in [0.5, 0.6) is 5.75 Å². The molecule has 7 heteroatoms. The van der Waals surface area contributed by atoms with Crippen LogP contribution in [0, 0.1) is 22.7 Å². The molecule has 1 aliphatic heterocycles. The van der Waals surface area contributed by atoms with Crippen molar-refractivity contribution >= 4 is 5.78 Å². The van der Waals surface area contributed by atoms with Crippen molar-refractivity contribution in [2.45, 2.75) is 82.8 Å². The maximum absolute atomic E-state index is 13.6. The predicted octanol–water partition coefficient (Wildman–Crippen LogP) is 2.92. The second-order valence-electron chi connectivity index (χ2n) is 11.4. The number of fused-ring (bicyclic) bond motifs is 6. The number of ketones is 1. The molecule has 1 aromatic carbocycles. The van der Waals surface area contributed by atoms with Gasteiger partial charge in [0, 0.05) is 22.3 Å². The van der Waals surface area contributed by atoms with Crippen LogP contribution in [-0.2, 0) is 14.3 Å². The monoisotopic (exact) mass is 472 g/mol. The summed E-state index contributed by atoms with van der Waals surface area (Å²) in [4.78, 5) is 13.6. The van der Waals surface area contributed by atoms with Crippen molar-refractivity contribution in [1.82, 2.24) is 0 Å². The third kappa shape index (κ3) is 3.04. The summed E-state index contributed by atoms with van der Waals surface area (Å²) in [6.45, 7) is 9.80. The quantitative estimate of drug-likeness (QED) is 0.569. The van der Waals surface area contributed by atoms with Crippen molar-refractivity contribution in [1.29, 1.82) is 0 Å². The maximum atomic E-state index is 13.6. The van der Waals surface area contributed by atoms with E-state index in [0.717, 1.165) is 11.3 Å². The largest absolute Gasteiger partial charge is 0.497 e. The molecule has 4 aliphatic rings. The van der Waals surface area contributed by atoms with Gasteiger partial charge >= 0.3 is 0 Å². The summed E-state index contributed by atoms with van der Waals surface area (Å²) >= 11 is 0. The summed E-state index contributed by atoms with van der Waals surface area (Å²) in [6, 6.07) is 7.46. The fraction of sp³-hybridized carbons (Fsp3) is 0.667. The number of hydrogen-bond acceptors (Lipinski definition) is 7. The Balaban J connectivity index is 1.65. The summed E-state index contributed by atoms with van der Waals surface area (Å²) in [5, 5.41) is 34.5. The molecule has 0 unspecified atom stereocenters. The normalized spacial score (nSPS) is 45.7. The van der Waals surface area contributed by atoms with Gasteiger partial charge in [-0.15, -0.1) is 0 Å². The summed E-state index contributed by atoms with van der Waals surface area (Å²) < 4.78 is 18.5. The number of aliphatic hydroxyl groups excluding tert-OH is 2. The van der Waals surface area contributed by atoms with E-state index in [1.165, 1.54) is 0 Å². The topological polar surface area (TPSA) is 105 Å². The molecule has 5 rings (SSSR count). The van der Waals surface area contributed by atoms with Crippen LogP contribution in [0.15, 0.2) is 36.4 Å². The third-order valence-corrected chi connectivity index (χ3v) is 9.62. The molecule has 3 aliphatic carbocycles. The average Bonchev–Trinajstić information content (AvgIpc) is 3.35. The highest BCUT2D eigenvalue weighted by atomic mass is 16.7. The first-order valence-electron chi connectivity index (χ1n) is 12.2. The van der Waals surface area contributed by atoms with Crippen LogP contribution in [0.4, 0.5) is 0 Å². The van der Waals surface area contributed by atoms with Crippen molar-refractivity contribution in [3.63, 3.8) is 0 Å². The van der Waals surface area contributed by atoms with Crippen LogP contribution in [0.2, 0.25) is 0 Å². The SMILES string of the molecule is C=C1CC[C@H](O)[C@@]2(C)[C@H]3O[C@H](c4ccc(OC)cc4)O[C@@H]3[C@H]3CC[C@@](O)(C(=O)[C@@H](O)[C@H]12)C3(C)C. The van der Waals surface area contributed by atoms with Crippen LogP contribution in [0.1, 0.15) is 58.3 Å². The summed E-state index contributed by atoms with van der Waals surface area (Å²) in [5.74, 6) is -0.828. The number of rotatable bonds is 2. The molecule has 4 fully saturated rings. The lowest BCUT2D eigenvalue weighted by Gasteiger charge is -2.51. The van der Waals surface area contributed by atoms with E-state index in [0.29, 0.717) is 24.8 Å². The van der Waals surface area contributed by atoms with Gasteiger partial charge < -0.3 is 29.5 Å². The molecule has 2 bridgehead atoms. The molecule has 0 spiro atoms. The van der Waals surface area contributed by atoms with Crippen molar-refractivity contribution < 1.29 is 34.3 Å². The van der Waals surface area contributed by atoms with E-state index in [4.69, 9.17) is 14.2 Å². The van der Waals surface area contributed by atoms with Crippen LogP contribution < -0.4 is 4.74 Å². The molecule has 34 heavy (non-hydrogen) atoms. The number of aliphatic hydroxyl groups is 3. The Morgan fingerprint density at radius 3 is 2.41 bits per heavy atom. The van der Waals surface area contributed by atoms with Gasteiger partial charge in [-0.05, 0) is 43.7 Å². The van der Waals surface area contributed by atoms with Gasteiger partial charge in [-0.2, -0.15) is 0 Å². The second-order valence-corrected chi connectivity index (χ2v) is 11.4. The van der Waals surface area contributed by atoms with Gasteiger partial charge in [0.1, 0.15) is 17.5 Å². The zero-order valence-corrected chi connectivity index (χ0v) is 20.4. The van der Waals surface area contributed by atoms with Gasteiger partial charge in [0.05, 0.1) is 25.4 Å². The number of carbonyl (C=O) groups excluding carboxylic acids is 1. The molecule has 1 aromatic rings. The Kier molecular flexibility index (Phi) is 5.54. The minimum atomic E-state index is -1.70. The number of ether oxygens (including phenoxy) is 3. The molecule has 0 amide bonds. The Bertz CT molecular complexity index is 987. The summed E-state index contributed by atoms with van der Waals surface area (Å²) in [6.07, 6.45) is -2.33. The van der Waals surface area contributed by atoms with Gasteiger partial charge in [-0.1, -0.05) is 45.1 Å². The second kappa shape index (κ2) is 7.87. The molecule has 0 radical (unpaired) electrons. The molecular formula is C27H36O7. The number of benzene rings is 1. The van der Waals surface area contributed by atoms with E-state index >= 15 is 0 Å².